The number of amides is 1. The van der Waals surface area contributed by atoms with Crippen LogP contribution < -0.4 is 0 Å². The molecular weight excluding hydrogens is 302 g/mol. The molecule has 5 fully saturated rings. The van der Waals surface area contributed by atoms with Crippen LogP contribution in [0, 0.1) is 24.7 Å². The number of hydrogen-bond acceptors (Lipinski definition) is 4. The number of rotatable bonds is 2. The molecule has 0 spiro atoms. The molecule has 5 heteroatoms. The van der Waals surface area contributed by atoms with Gasteiger partial charge in [-0.2, -0.15) is 0 Å². The molecule has 2 heterocycles. The van der Waals surface area contributed by atoms with Gasteiger partial charge in [-0.05, 0) is 63.2 Å². The van der Waals surface area contributed by atoms with Crippen LogP contribution in [0.2, 0.25) is 0 Å². The number of oxazole rings is 1. The predicted octanol–water partition coefficient (Wildman–Crippen LogP) is 2.71. The Labute approximate surface area is 143 Å². The quantitative estimate of drug-likeness (QED) is 0.837. The third kappa shape index (κ3) is 2.24. The van der Waals surface area contributed by atoms with Crippen molar-refractivity contribution in [2.45, 2.75) is 51.0 Å². The molecule has 4 saturated carbocycles. The molecule has 6 rings (SSSR count). The highest BCUT2D eigenvalue weighted by molar-refractivity contribution is 5.92. The molecule has 0 aromatic carbocycles. The molecule has 0 atom stereocenters. The van der Waals surface area contributed by atoms with Gasteiger partial charge in [0.05, 0.1) is 5.69 Å². The molecule has 0 unspecified atom stereocenters. The molecule has 1 aliphatic heterocycles. The first-order chi connectivity index (χ1) is 11.6. The number of carbonyl (C=O) groups is 1. The maximum Gasteiger partial charge on any atom is 0.291 e. The van der Waals surface area contributed by atoms with Crippen molar-refractivity contribution >= 4 is 5.91 Å². The monoisotopic (exact) mass is 329 g/mol. The van der Waals surface area contributed by atoms with Gasteiger partial charge in [0.1, 0.15) is 0 Å². The van der Waals surface area contributed by atoms with Crippen LogP contribution in [0.15, 0.2) is 10.8 Å². The lowest BCUT2D eigenvalue weighted by Gasteiger charge is -2.61. The van der Waals surface area contributed by atoms with Crippen LogP contribution in [0.1, 0.15) is 54.8 Å². The predicted molar refractivity (Wildman–Crippen MR) is 89.6 cm³/mol. The summed E-state index contributed by atoms with van der Waals surface area (Å²) in [4.78, 5) is 21.4. The number of aryl methyl sites for hydroxylation is 1. The minimum atomic E-state index is 0.00941. The Hall–Kier alpha value is -1.36. The standard InChI is InChI=1S/C19H27N3O2/c1-13-17(24-12-20-13)18(23)21-2-4-22(5-3-21)19-9-14-6-15(10-19)8-16(7-14)11-19/h12,14-16H,2-11H2,1H3. The highest BCUT2D eigenvalue weighted by Crippen LogP contribution is 2.57. The van der Waals surface area contributed by atoms with Crippen LogP contribution in [0.3, 0.4) is 0 Å². The molecule has 24 heavy (non-hydrogen) atoms. The van der Waals surface area contributed by atoms with Gasteiger partial charge in [0.25, 0.3) is 5.91 Å². The lowest BCUT2D eigenvalue weighted by molar-refractivity contribution is -0.0988. The molecule has 1 saturated heterocycles. The summed E-state index contributed by atoms with van der Waals surface area (Å²) in [5, 5.41) is 0. The van der Waals surface area contributed by atoms with Crippen molar-refractivity contribution in [2.24, 2.45) is 17.8 Å². The van der Waals surface area contributed by atoms with Gasteiger partial charge in [-0.15, -0.1) is 0 Å². The summed E-state index contributed by atoms with van der Waals surface area (Å²) in [6.07, 6.45) is 10.1. The minimum Gasteiger partial charge on any atom is -0.438 e. The SMILES string of the molecule is Cc1ncoc1C(=O)N1CCN(C23CC4CC(CC(C4)C2)C3)CC1. The first kappa shape index (κ1) is 14.9. The first-order valence-corrected chi connectivity index (χ1v) is 9.57. The van der Waals surface area contributed by atoms with Gasteiger partial charge in [0.15, 0.2) is 6.39 Å². The maximum absolute atomic E-state index is 12.6. The number of aromatic nitrogens is 1. The Morgan fingerprint density at radius 3 is 2.17 bits per heavy atom. The maximum atomic E-state index is 12.6. The third-order valence-electron chi connectivity index (χ3n) is 7.18. The third-order valence-corrected chi connectivity index (χ3v) is 7.18. The Morgan fingerprint density at radius 1 is 1.08 bits per heavy atom. The van der Waals surface area contributed by atoms with E-state index < -0.39 is 0 Å². The molecule has 4 bridgehead atoms. The number of piperazine rings is 1. The Bertz CT molecular complexity index is 610. The lowest BCUT2D eigenvalue weighted by Crippen LogP contribution is -2.64. The van der Waals surface area contributed by atoms with Gasteiger partial charge in [0, 0.05) is 31.7 Å². The zero-order chi connectivity index (χ0) is 16.3. The van der Waals surface area contributed by atoms with E-state index in [0.717, 1.165) is 43.9 Å². The topological polar surface area (TPSA) is 49.6 Å². The van der Waals surface area contributed by atoms with Gasteiger partial charge in [-0.1, -0.05) is 0 Å². The van der Waals surface area contributed by atoms with E-state index in [-0.39, 0.29) is 5.91 Å². The van der Waals surface area contributed by atoms with E-state index in [1.807, 2.05) is 11.8 Å². The highest BCUT2D eigenvalue weighted by atomic mass is 16.3. The minimum absolute atomic E-state index is 0.00941. The molecule has 4 aliphatic carbocycles. The normalized spacial score (nSPS) is 38.7. The highest BCUT2D eigenvalue weighted by Gasteiger charge is 2.53. The fourth-order valence-corrected chi connectivity index (χ4v) is 6.49. The van der Waals surface area contributed by atoms with Crippen molar-refractivity contribution < 1.29 is 9.21 Å². The zero-order valence-corrected chi connectivity index (χ0v) is 14.5. The summed E-state index contributed by atoms with van der Waals surface area (Å²) in [6.45, 7) is 5.51. The molecule has 130 valence electrons. The van der Waals surface area contributed by atoms with Crippen LogP contribution in [0.25, 0.3) is 0 Å². The van der Waals surface area contributed by atoms with E-state index in [9.17, 15) is 4.79 Å². The summed E-state index contributed by atoms with van der Waals surface area (Å²) in [5.74, 6) is 3.36. The summed E-state index contributed by atoms with van der Waals surface area (Å²) in [6, 6.07) is 0. The number of hydrogen-bond donors (Lipinski definition) is 0. The van der Waals surface area contributed by atoms with Crippen LogP contribution in [0.4, 0.5) is 0 Å². The lowest BCUT2D eigenvalue weighted by atomic mass is 9.52. The Morgan fingerprint density at radius 2 is 1.67 bits per heavy atom. The molecule has 1 aromatic heterocycles. The summed E-state index contributed by atoms with van der Waals surface area (Å²) in [5.41, 5.74) is 1.16. The van der Waals surface area contributed by atoms with Gasteiger partial charge in [-0.25, -0.2) is 4.98 Å². The van der Waals surface area contributed by atoms with Gasteiger partial charge >= 0.3 is 0 Å². The molecule has 1 aromatic rings. The second-order valence-corrected chi connectivity index (χ2v) is 8.69. The van der Waals surface area contributed by atoms with Crippen molar-refractivity contribution in [3.63, 3.8) is 0 Å². The zero-order valence-electron chi connectivity index (χ0n) is 14.5. The van der Waals surface area contributed by atoms with Gasteiger partial charge < -0.3 is 9.32 Å². The smallest absolute Gasteiger partial charge is 0.291 e. The fourth-order valence-electron chi connectivity index (χ4n) is 6.49. The van der Waals surface area contributed by atoms with Crippen molar-refractivity contribution in [1.82, 2.24) is 14.8 Å². The van der Waals surface area contributed by atoms with E-state index in [1.54, 1.807) is 0 Å². The molecule has 1 amide bonds. The first-order valence-electron chi connectivity index (χ1n) is 9.57. The molecule has 5 aliphatic rings. The largest absolute Gasteiger partial charge is 0.438 e. The summed E-state index contributed by atoms with van der Waals surface area (Å²) < 4.78 is 5.29. The van der Waals surface area contributed by atoms with E-state index in [2.05, 4.69) is 9.88 Å². The van der Waals surface area contributed by atoms with E-state index in [4.69, 9.17) is 4.42 Å². The van der Waals surface area contributed by atoms with Crippen LogP contribution in [0.5, 0.6) is 0 Å². The number of carbonyl (C=O) groups excluding carboxylic acids is 1. The summed E-state index contributed by atoms with van der Waals surface area (Å²) in [7, 11) is 0. The van der Waals surface area contributed by atoms with Crippen LogP contribution in [-0.4, -0.2) is 52.4 Å². The summed E-state index contributed by atoms with van der Waals surface area (Å²) >= 11 is 0. The molecular formula is C19H27N3O2. The average molecular weight is 329 g/mol. The Balaban J connectivity index is 1.27. The van der Waals surface area contributed by atoms with Gasteiger partial charge in [0.2, 0.25) is 5.76 Å². The van der Waals surface area contributed by atoms with E-state index in [1.165, 1.54) is 44.9 Å². The van der Waals surface area contributed by atoms with Crippen molar-refractivity contribution in [2.75, 3.05) is 26.2 Å². The van der Waals surface area contributed by atoms with Crippen molar-refractivity contribution in [3.8, 4) is 0 Å². The Kier molecular flexibility index (Phi) is 3.31. The number of nitrogens with zero attached hydrogens (tertiary/aromatic N) is 3. The van der Waals surface area contributed by atoms with E-state index in [0.29, 0.717) is 17.0 Å². The molecule has 0 radical (unpaired) electrons. The fraction of sp³-hybridized carbons (Fsp3) is 0.789. The second kappa shape index (κ2) is 5.32. The van der Waals surface area contributed by atoms with Crippen molar-refractivity contribution in [1.29, 1.82) is 0 Å². The van der Waals surface area contributed by atoms with Gasteiger partial charge in [-0.3, -0.25) is 9.69 Å². The van der Waals surface area contributed by atoms with Crippen LogP contribution in [-0.2, 0) is 0 Å². The van der Waals surface area contributed by atoms with E-state index >= 15 is 0 Å². The van der Waals surface area contributed by atoms with Crippen molar-refractivity contribution in [3.05, 3.63) is 17.8 Å². The van der Waals surface area contributed by atoms with Crippen LogP contribution >= 0.6 is 0 Å². The molecule has 0 N–H and O–H groups in total. The average Bonchev–Trinajstić information content (AvgIpc) is 2.99. The molecule has 5 nitrogen and oxygen atoms in total. The second-order valence-electron chi connectivity index (χ2n) is 8.69.